The van der Waals surface area contributed by atoms with E-state index in [1.165, 1.54) is 43.9 Å². The largest absolute Gasteiger partial charge is 0.508 e. The van der Waals surface area contributed by atoms with Crippen LogP contribution in [0.4, 0.5) is 30.7 Å². The van der Waals surface area contributed by atoms with Gasteiger partial charge in [-0.2, -0.15) is 13.2 Å². The highest BCUT2D eigenvalue weighted by molar-refractivity contribution is 5.94. The van der Waals surface area contributed by atoms with E-state index in [4.69, 9.17) is 4.74 Å². The number of allylic oxidation sites excluding steroid dienone is 7. The van der Waals surface area contributed by atoms with E-state index in [-0.39, 0.29) is 61.1 Å². The van der Waals surface area contributed by atoms with Crippen LogP contribution in [0.2, 0.25) is 0 Å². The van der Waals surface area contributed by atoms with Crippen LogP contribution in [0, 0.1) is 11.7 Å². The molecule has 0 bridgehead atoms. The molecule has 2 aliphatic rings. The molecular weight excluding hydrogens is 751 g/mol. The lowest BCUT2D eigenvalue weighted by molar-refractivity contribution is -0.149. The number of benzene rings is 1. The number of rotatable bonds is 16. The third kappa shape index (κ3) is 11.3. The first-order valence-electron chi connectivity index (χ1n) is 18.4. The number of ether oxygens (including phenoxy) is 1. The maximum atomic E-state index is 16.7. The van der Waals surface area contributed by atoms with Crippen LogP contribution in [0.1, 0.15) is 90.8 Å². The summed E-state index contributed by atoms with van der Waals surface area (Å²) in [7, 11) is 0. The van der Waals surface area contributed by atoms with Crippen molar-refractivity contribution in [2.45, 2.75) is 111 Å². The SMILES string of the molecule is C/C=C(C)\C(F)=C(\[C@H](CC(=O)OCC)NC(=O)C(c1cc(CO)ccc1F)N(C(=O)/C=C(\C)C(F)(F)F)C(C)N1CCC(F)(F)CC1)[C@@H](CC)C1=C(O)C=CC1. The Bertz CT molecular complexity index is 1760. The second kappa shape index (κ2) is 19.6. The molecule has 2 unspecified atom stereocenters. The number of alkyl halides is 5. The van der Waals surface area contributed by atoms with Crippen LogP contribution in [-0.4, -0.2) is 81.8 Å². The number of aliphatic hydroxyl groups is 2. The van der Waals surface area contributed by atoms with Crippen molar-refractivity contribution in [2.75, 3.05) is 19.7 Å². The minimum absolute atomic E-state index is 0.0412. The highest BCUT2D eigenvalue weighted by Gasteiger charge is 2.44. The predicted octanol–water partition coefficient (Wildman–Crippen LogP) is 8.20. The van der Waals surface area contributed by atoms with Gasteiger partial charge in [-0.25, -0.2) is 17.6 Å². The van der Waals surface area contributed by atoms with Crippen molar-refractivity contribution >= 4 is 17.8 Å². The fourth-order valence-electron chi connectivity index (χ4n) is 6.85. The first-order chi connectivity index (χ1) is 26.2. The van der Waals surface area contributed by atoms with E-state index in [1.54, 1.807) is 19.9 Å². The number of likely N-dealkylation sites (tertiary alicyclic amines) is 1. The molecule has 1 aromatic carbocycles. The van der Waals surface area contributed by atoms with Gasteiger partial charge in [-0.05, 0) is 88.0 Å². The van der Waals surface area contributed by atoms with Crippen molar-refractivity contribution in [3.63, 3.8) is 0 Å². The molecule has 1 saturated heterocycles. The molecule has 1 aliphatic carbocycles. The van der Waals surface area contributed by atoms with Gasteiger partial charge in [-0.1, -0.05) is 25.1 Å². The Morgan fingerprint density at radius 3 is 2.29 bits per heavy atom. The van der Waals surface area contributed by atoms with Crippen LogP contribution in [0.3, 0.4) is 0 Å². The van der Waals surface area contributed by atoms with Gasteiger partial charge in [-0.3, -0.25) is 19.3 Å². The summed E-state index contributed by atoms with van der Waals surface area (Å²) >= 11 is 0. The standard InChI is InChI=1S/C40H50F7N3O6/c1-7-23(4)36(42)35(27(8-2)28-11-10-12-32(28)52)31(21-34(54)56-9-3)48-38(55)37(29-20-26(22-51)13-14-30(29)41)50(33(53)19-24(5)40(45,46)47)25(6)49-17-15-39(43,44)16-18-49/h7,10,12-14,19-20,25,27,31,37,51-52H,8-9,11,15-18,21-22H2,1-6H3,(H,48,55)/b23-7-,24-19+,36-35-/t25?,27-,31-,37?/m0/s1. The number of carbonyl (C=O) groups is 3. The smallest absolute Gasteiger partial charge is 0.412 e. The Hall–Kier alpha value is -4.44. The van der Waals surface area contributed by atoms with Crippen molar-refractivity contribution in [3.05, 3.63) is 93.3 Å². The quantitative estimate of drug-likeness (QED) is 0.0668. The molecule has 1 aliphatic heterocycles. The maximum absolute atomic E-state index is 16.7. The second-order valence-corrected chi connectivity index (χ2v) is 13.8. The summed E-state index contributed by atoms with van der Waals surface area (Å²) in [6.45, 7) is 6.57. The zero-order chi connectivity index (χ0) is 42.1. The van der Waals surface area contributed by atoms with Gasteiger partial charge >= 0.3 is 12.1 Å². The van der Waals surface area contributed by atoms with Gasteiger partial charge in [0.05, 0.1) is 31.8 Å². The molecule has 310 valence electrons. The molecule has 3 rings (SSSR count). The molecule has 56 heavy (non-hydrogen) atoms. The van der Waals surface area contributed by atoms with E-state index in [2.05, 4.69) is 5.32 Å². The lowest BCUT2D eigenvalue weighted by Gasteiger charge is -2.44. The summed E-state index contributed by atoms with van der Waals surface area (Å²) in [6.07, 6.45) is -3.47. The van der Waals surface area contributed by atoms with Crippen LogP contribution in [-0.2, 0) is 25.7 Å². The average Bonchev–Trinajstić information content (AvgIpc) is 3.56. The molecule has 0 aromatic heterocycles. The van der Waals surface area contributed by atoms with E-state index in [1.807, 2.05) is 0 Å². The van der Waals surface area contributed by atoms with Gasteiger partial charge in [0.1, 0.15) is 23.4 Å². The van der Waals surface area contributed by atoms with Gasteiger partial charge in [0.25, 0.3) is 5.92 Å². The molecule has 16 heteroatoms. The van der Waals surface area contributed by atoms with Gasteiger partial charge in [-0.15, -0.1) is 0 Å². The van der Waals surface area contributed by atoms with Crippen molar-refractivity contribution < 1.29 is 60.1 Å². The number of nitrogens with zero attached hydrogens (tertiary/aromatic N) is 2. The van der Waals surface area contributed by atoms with Crippen molar-refractivity contribution in [1.29, 1.82) is 0 Å². The minimum atomic E-state index is -5.01. The highest BCUT2D eigenvalue weighted by atomic mass is 19.4. The first-order valence-corrected chi connectivity index (χ1v) is 18.4. The summed E-state index contributed by atoms with van der Waals surface area (Å²) in [4.78, 5) is 44.2. The van der Waals surface area contributed by atoms with Crippen LogP contribution < -0.4 is 5.32 Å². The Morgan fingerprint density at radius 2 is 1.77 bits per heavy atom. The topological polar surface area (TPSA) is 119 Å². The molecular formula is C40H50F7N3O6. The molecule has 1 aromatic rings. The Balaban J connectivity index is 2.38. The summed E-state index contributed by atoms with van der Waals surface area (Å²) in [6, 6.07) is -0.714. The number of amides is 2. The molecule has 2 amide bonds. The summed E-state index contributed by atoms with van der Waals surface area (Å²) in [5.74, 6) is -9.78. The highest BCUT2D eigenvalue weighted by Crippen LogP contribution is 2.40. The van der Waals surface area contributed by atoms with Crippen molar-refractivity contribution in [3.8, 4) is 0 Å². The lowest BCUT2D eigenvalue weighted by atomic mass is 9.80. The summed E-state index contributed by atoms with van der Waals surface area (Å²) in [5.41, 5.74) is -1.65. The molecule has 9 nitrogen and oxygen atoms in total. The normalized spacial score (nSPS) is 19.2. The van der Waals surface area contributed by atoms with Gasteiger partial charge in [0.15, 0.2) is 0 Å². The molecule has 0 radical (unpaired) electrons. The fraction of sp³-hybridized carbons (Fsp3) is 0.525. The van der Waals surface area contributed by atoms with Gasteiger partial charge in [0, 0.05) is 49.1 Å². The number of carbonyl (C=O) groups excluding carboxylic acids is 3. The third-order valence-corrected chi connectivity index (χ3v) is 10.1. The number of nitrogens with one attached hydrogen (secondary N) is 1. The van der Waals surface area contributed by atoms with Crippen molar-refractivity contribution in [1.82, 2.24) is 15.1 Å². The summed E-state index contributed by atoms with van der Waals surface area (Å²) in [5, 5.41) is 23.3. The van der Waals surface area contributed by atoms with Gasteiger partial charge in [0.2, 0.25) is 11.8 Å². The zero-order valence-electron chi connectivity index (χ0n) is 32.3. The van der Waals surface area contributed by atoms with E-state index in [0.29, 0.717) is 17.4 Å². The number of hydrogen-bond acceptors (Lipinski definition) is 7. The number of esters is 1. The lowest BCUT2D eigenvalue weighted by Crippen LogP contribution is -2.57. The second-order valence-electron chi connectivity index (χ2n) is 13.8. The number of halogens is 7. The van der Waals surface area contributed by atoms with Crippen LogP contribution in [0.25, 0.3) is 0 Å². The minimum Gasteiger partial charge on any atom is -0.508 e. The molecule has 0 spiro atoms. The number of aliphatic hydroxyl groups excluding tert-OH is 2. The van der Waals surface area contributed by atoms with Crippen molar-refractivity contribution in [2.24, 2.45) is 5.92 Å². The molecule has 4 atom stereocenters. The molecule has 1 heterocycles. The monoisotopic (exact) mass is 801 g/mol. The predicted molar refractivity (Wildman–Crippen MR) is 195 cm³/mol. The van der Waals surface area contributed by atoms with Crippen LogP contribution in [0.5, 0.6) is 0 Å². The van der Waals surface area contributed by atoms with E-state index in [9.17, 15) is 46.5 Å². The first kappa shape index (κ1) is 45.9. The van der Waals surface area contributed by atoms with E-state index in [0.717, 1.165) is 12.1 Å². The number of hydrogen-bond donors (Lipinski definition) is 3. The molecule has 3 N–H and O–H groups in total. The van der Waals surface area contributed by atoms with E-state index < -0.39 is 103 Å². The number of piperidine rings is 1. The molecule has 0 saturated carbocycles. The van der Waals surface area contributed by atoms with Crippen LogP contribution in [0.15, 0.2) is 76.4 Å². The zero-order valence-corrected chi connectivity index (χ0v) is 32.3. The summed E-state index contributed by atoms with van der Waals surface area (Å²) < 4.78 is 108. The Kier molecular flexibility index (Phi) is 16.1. The maximum Gasteiger partial charge on any atom is 0.412 e. The Labute approximate surface area is 322 Å². The Morgan fingerprint density at radius 1 is 1.12 bits per heavy atom. The van der Waals surface area contributed by atoms with Gasteiger partial charge < -0.3 is 25.2 Å². The van der Waals surface area contributed by atoms with E-state index >= 15 is 8.78 Å². The van der Waals surface area contributed by atoms with Crippen LogP contribution >= 0.6 is 0 Å². The fourth-order valence-corrected chi connectivity index (χ4v) is 6.85. The molecule has 1 fully saturated rings. The third-order valence-electron chi connectivity index (χ3n) is 10.1. The average molecular weight is 802 g/mol.